The lowest BCUT2D eigenvalue weighted by Gasteiger charge is -2.22. The van der Waals surface area contributed by atoms with Crippen molar-refractivity contribution >= 4 is 0 Å². The minimum absolute atomic E-state index is 0.553. The molecule has 0 aliphatic carbocycles. The van der Waals surface area contributed by atoms with Crippen LogP contribution in [-0.4, -0.2) is 22.6 Å². The summed E-state index contributed by atoms with van der Waals surface area (Å²) in [6.45, 7) is 4.33. The average Bonchev–Trinajstić information content (AvgIpc) is 2.81. The first-order valence-electron chi connectivity index (χ1n) is 7.05. The molecule has 1 fully saturated rings. The lowest BCUT2D eigenvalue weighted by Crippen LogP contribution is -2.29. The first-order valence-corrected chi connectivity index (χ1v) is 7.05. The first kappa shape index (κ1) is 12.4. The smallest absolute Gasteiger partial charge is 0.113 e. The molecule has 3 heteroatoms. The van der Waals surface area contributed by atoms with Crippen LogP contribution in [0.15, 0.2) is 30.5 Å². The topological polar surface area (TPSA) is 29.9 Å². The summed E-state index contributed by atoms with van der Waals surface area (Å²) in [6, 6.07) is 8.62. The molecule has 0 spiro atoms. The van der Waals surface area contributed by atoms with Gasteiger partial charge >= 0.3 is 0 Å². The van der Waals surface area contributed by atoms with Crippen LogP contribution >= 0.6 is 0 Å². The highest BCUT2D eigenvalue weighted by molar-refractivity contribution is 5.60. The average molecular weight is 255 g/mol. The number of hydrogen-bond acceptors (Lipinski definition) is 2. The van der Waals surface area contributed by atoms with Crippen LogP contribution in [0.3, 0.4) is 0 Å². The number of imidazole rings is 1. The third-order valence-electron chi connectivity index (χ3n) is 4.00. The summed E-state index contributed by atoms with van der Waals surface area (Å²) in [6.07, 6.45) is 4.50. The third-order valence-corrected chi connectivity index (χ3v) is 4.00. The number of aryl methyl sites for hydroxylation is 1. The van der Waals surface area contributed by atoms with E-state index in [1.165, 1.54) is 35.5 Å². The minimum Gasteiger partial charge on any atom is -0.331 e. The molecule has 100 valence electrons. The van der Waals surface area contributed by atoms with Crippen molar-refractivity contribution in [3.8, 4) is 11.3 Å². The largest absolute Gasteiger partial charge is 0.331 e. The summed E-state index contributed by atoms with van der Waals surface area (Å²) < 4.78 is 2.26. The van der Waals surface area contributed by atoms with E-state index in [4.69, 9.17) is 0 Å². The van der Waals surface area contributed by atoms with Crippen LogP contribution < -0.4 is 5.32 Å². The van der Waals surface area contributed by atoms with Gasteiger partial charge in [0.15, 0.2) is 0 Å². The molecule has 3 nitrogen and oxygen atoms in total. The molecule has 1 aromatic carbocycles. The number of hydrogen-bond donors (Lipinski definition) is 1. The van der Waals surface area contributed by atoms with Gasteiger partial charge in [-0.2, -0.15) is 0 Å². The lowest BCUT2D eigenvalue weighted by molar-refractivity contribution is 0.439. The Morgan fingerprint density at radius 3 is 3.00 bits per heavy atom. The van der Waals surface area contributed by atoms with Gasteiger partial charge in [-0.05, 0) is 32.4 Å². The Morgan fingerprint density at radius 1 is 1.37 bits per heavy atom. The van der Waals surface area contributed by atoms with E-state index in [0.29, 0.717) is 5.92 Å². The summed E-state index contributed by atoms with van der Waals surface area (Å²) in [5.74, 6) is 1.76. The van der Waals surface area contributed by atoms with Gasteiger partial charge in [0, 0.05) is 25.1 Å². The first-order chi connectivity index (χ1) is 9.25. The highest BCUT2D eigenvalue weighted by Gasteiger charge is 2.20. The Labute approximate surface area is 114 Å². The maximum absolute atomic E-state index is 4.67. The van der Waals surface area contributed by atoms with E-state index in [-0.39, 0.29) is 0 Å². The molecule has 0 saturated carbocycles. The molecule has 1 N–H and O–H groups in total. The zero-order valence-electron chi connectivity index (χ0n) is 11.7. The van der Waals surface area contributed by atoms with E-state index >= 15 is 0 Å². The Bertz CT molecular complexity index is 565. The van der Waals surface area contributed by atoms with Gasteiger partial charge in [-0.15, -0.1) is 0 Å². The van der Waals surface area contributed by atoms with Gasteiger partial charge in [-0.3, -0.25) is 0 Å². The number of rotatable bonds is 2. The number of nitrogens with zero attached hydrogens (tertiary/aromatic N) is 2. The fourth-order valence-corrected chi connectivity index (χ4v) is 2.95. The summed E-state index contributed by atoms with van der Waals surface area (Å²) in [4.78, 5) is 4.67. The molecule has 1 aromatic heterocycles. The minimum atomic E-state index is 0.553. The van der Waals surface area contributed by atoms with E-state index in [2.05, 4.69) is 53.1 Å². The molecule has 2 aromatic rings. The van der Waals surface area contributed by atoms with Crippen LogP contribution in [0.5, 0.6) is 0 Å². The van der Waals surface area contributed by atoms with E-state index < -0.39 is 0 Å². The van der Waals surface area contributed by atoms with Crippen LogP contribution in [0.4, 0.5) is 0 Å². The quantitative estimate of drug-likeness (QED) is 0.894. The fraction of sp³-hybridized carbons (Fsp3) is 0.438. The normalized spacial score (nSPS) is 19.6. The summed E-state index contributed by atoms with van der Waals surface area (Å²) in [5.41, 5.74) is 3.76. The molecule has 2 heterocycles. The maximum atomic E-state index is 4.67. The van der Waals surface area contributed by atoms with E-state index in [0.717, 1.165) is 13.1 Å². The molecule has 3 rings (SSSR count). The van der Waals surface area contributed by atoms with Gasteiger partial charge in [-0.1, -0.05) is 23.8 Å². The monoisotopic (exact) mass is 255 g/mol. The fourth-order valence-electron chi connectivity index (χ4n) is 2.95. The Morgan fingerprint density at radius 2 is 2.26 bits per heavy atom. The van der Waals surface area contributed by atoms with Crippen molar-refractivity contribution in [3.63, 3.8) is 0 Å². The summed E-state index contributed by atoms with van der Waals surface area (Å²) in [7, 11) is 2.13. The number of nitrogens with one attached hydrogen (secondary N) is 1. The van der Waals surface area contributed by atoms with Gasteiger partial charge < -0.3 is 9.88 Å². The summed E-state index contributed by atoms with van der Waals surface area (Å²) >= 11 is 0. The highest BCUT2D eigenvalue weighted by Crippen LogP contribution is 2.27. The maximum Gasteiger partial charge on any atom is 0.113 e. The van der Waals surface area contributed by atoms with Crippen molar-refractivity contribution in [2.45, 2.75) is 25.7 Å². The summed E-state index contributed by atoms with van der Waals surface area (Å²) in [5, 5.41) is 3.47. The second-order valence-corrected chi connectivity index (χ2v) is 5.47. The molecule has 1 aliphatic rings. The van der Waals surface area contributed by atoms with Crippen LogP contribution in [0.2, 0.25) is 0 Å². The zero-order chi connectivity index (χ0) is 13.2. The van der Waals surface area contributed by atoms with E-state index in [9.17, 15) is 0 Å². The number of benzene rings is 1. The van der Waals surface area contributed by atoms with Gasteiger partial charge in [-0.25, -0.2) is 4.98 Å². The van der Waals surface area contributed by atoms with Gasteiger partial charge in [0.25, 0.3) is 0 Å². The third kappa shape index (κ3) is 2.43. The van der Waals surface area contributed by atoms with Gasteiger partial charge in [0.2, 0.25) is 0 Å². The van der Waals surface area contributed by atoms with Crippen molar-refractivity contribution in [3.05, 3.63) is 41.9 Å². The predicted octanol–water partition coefficient (Wildman–Crippen LogP) is 2.86. The molecule has 0 radical (unpaired) electrons. The van der Waals surface area contributed by atoms with Crippen LogP contribution in [0.25, 0.3) is 11.3 Å². The molecule has 1 aliphatic heterocycles. The van der Waals surface area contributed by atoms with Crippen LogP contribution in [0.1, 0.15) is 30.1 Å². The Kier molecular flexibility index (Phi) is 3.38. The van der Waals surface area contributed by atoms with Gasteiger partial charge in [0.1, 0.15) is 5.82 Å². The van der Waals surface area contributed by atoms with E-state index in [1.807, 2.05) is 6.20 Å². The Hall–Kier alpha value is -1.61. The second-order valence-electron chi connectivity index (χ2n) is 5.47. The van der Waals surface area contributed by atoms with Crippen LogP contribution in [-0.2, 0) is 7.05 Å². The van der Waals surface area contributed by atoms with Crippen molar-refractivity contribution in [2.24, 2.45) is 7.05 Å². The van der Waals surface area contributed by atoms with Gasteiger partial charge in [0.05, 0.1) is 11.9 Å². The molecular formula is C16H21N3. The highest BCUT2D eigenvalue weighted by atomic mass is 15.1. The van der Waals surface area contributed by atoms with E-state index in [1.54, 1.807) is 0 Å². The molecular weight excluding hydrogens is 234 g/mol. The van der Waals surface area contributed by atoms with Crippen molar-refractivity contribution < 1.29 is 0 Å². The lowest BCUT2D eigenvalue weighted by atomic mass is 9.99. The SMILES string of the molecule is Cc1cccc(-c2cnc(C3CCCNC3)n2C)c1. The molecule has 0 amide bonds. The molecule has 19 heavy (non-hydrogen) atoms. The van der Waals surface area contributed by atoms with Crippen molar-refractivity contribution in [2.75, 3.05) is 13.1 Å². The molecule has 1 unspecified atom stereocenters. The zero-order valence-corrected chi connectivity index (χ0v) is 11.7. The Balaban J connectivity index is 1.94. The van der Waals surface area contributed by atoms with Crippen molar-refractivity contribution in [1.29, 1.82) is 0 Å². The molecule has 1 saturated heterocycles. The predicted molar refractivity (Wildman–Crippen MR) is 78.2 cm³/mol. The molecule has 1 atom stereocenters. The van der Waals surface area contributed by atoms with Crippen LogP contribution in [0, 0.1) is 6.92 Å². The number of piperidine rings is 1. The molecule has 0 bridgehead atoms. The van der Waals surface area contributed by atoms with Crippen molar-refractivity contribution in [1.82, 2.24) is 14.9 Å². The number of aromatic nitrogens is 2. The second kappa shape index (κ2) is 5.17. The standard InChI is InChI=1S/C16H21N3/c1-12-5-3-6-13(9-12)15-11-18-16(19(15)2)14-7-4-8-17-10-14/h3,5-6,9,11,14,17H,4,7-8,10H2,1-2H3.